The molecular formula is C15H24N2O. The summed E-state index contributed by atoms with van der Waals surface area (Å²) in [6, 6.07) is 7.60. The molecule has 3 heteroatoms. The van der Waals surface area contributed by atoms with Gasteiger partial charge in [0.25, 0.3) is 0 Å². The molecule has 0 aliphatic carbocycles. The minimum atomic E-state index is 0.370. The van der Waals surface area contributed by atoms with E-state index in [-0.39, 0.29) is 0 Å². The van der Waals surface area contributed by atoms with Gasteiger partial charge in [0.1, 0.15) is 5.75 Å². The zero-order valence-electron chi connectivity index (χ0n) is 11.5. The molecule has 100 valence electrons. The van der Waals surface area contributed by atoms with Gasteiger partial charge in [0.15, 0.2) is 0 Å². The number of likely N-dealkylation sites (tertiary alicyclic amines) is 1. The molecule has 0 aromatic heterocycles. The zero-order valence-corrected chi connectivity index (χ0v) is 11.5. The first-order chi connectivity index (χ1) is 8.63. The summed E-state index contributed by atoms with van der Waals surface area (Å²) >= 11 is 0. The molecular weight excluding hydrogens is 224 g/mol. The largest absolute Gasteiger partial charge is 0.508 e. The molecule has 0 unspecified atom stereocenters. The Morgan fingerprint density at radius 1 is 1.28 bits per heavy atom. The molecule has 0 amide bonds. The van der Waals surface area contributed by atoms with Crippen LogP contribution in [0.4, 0.5) is 0 Å². The normalized spacial score (nSPS) is 18.4. The number of hydrogen-bond donors (Lipinski definition) is 1. The molecule has 1 fully saturated rings. The molecule has 18 heavy (non-hydrogen) atoms. The second-order valence-electron chi connectivity index (χ2n) is 5.65. The van der Waals surface area contributed by atoms with E-state index in [0.29, 0.717) is 5.75 Å². The Balaban J connectivity index is 1.80. The number of aromatic hydroxyl groups is 1. The highest BCUT2D eigenvalue weighted by Crippen LogP contribution is 2.20. The summed E-state index contributed by atoms with van der Waals surface area (Å²) in [6.45, 7) is 4.52. The highest BCUT2D eigenvalue weighted by atomic mass is 16.3. The number of rotatable bonds is 4. The average molecular weight is 248 g/mol. The Hall–Kier alpha value is -1.06. The molecule has 1 heterocycles. The van der Waals surface area contributed by atoms with Crippen molar-refractivity contribution in [3.05, 3.63) is 29.8 Å². The molecule has 1 aromatic carbocycles. The number of phenols is 1. The third-order valence-electron chi connectivity index (χ3n) is 3.65. The quantitative estimate of drug-likeness (QED) is 0.884. The number of piperidine rings is 1. The van der Waals surface area contributed by atoms with E-state index in [4.69, 9.17) is 0 Å². The molecule has 0 atom stereocenters. The van der Waals surface area contributed by atoms with E-state index in [1.54, 1.807) is 6.07 Å². The maximum atomic E-state index is 9.46. The van der Waals surface area contributed by atoms with Crippen molar-refractivity contribution in [3.63, 3.8) is 0 Å². The van der Waals surface area contributed by atoms with Crippen LogP contribution >= 0.6 is 0 Å². The van der Waals surface area contributed by atoms with Crippen LogP contribution in [0.3, 0.4) is 0 Å². The Labute approximate surface area is 110 Å². The van der Waals surface area contributed by atoms with Crippen molar-refractivity contribution < 1.29 is 5.11 Å². The molecule has 0 spiro atoms. The van der Waals surface area contributed by atoms with Gasteiger partial charge in [-0.2, -0.15) is 0 Å². The van der Waals surface area contributed by atoms with E-state index in [9.17, 15) is 5.11 Å². The van der Waals surface area contributed by atoms with Crippen LogP contribution < -0.4 is 0 Å². The molecule has 2 rings (SSSR count). The molecule has 1 aromatic rings. The number of nitrogens with zero attached hydrogens (tertiary/aromatic N) is 2. The van der Waals surface area contributed by atoms with Gasteiger partial charge in [0, 0.05) is 13.1 Å². The van der Waals surface area contributed by atoms with Crippen LogP contribution in [0, 0.1) is 5.92 Å². The first-order valence-corrected chi connectivity index (χ1v) is 6.78. The zero-order chi connectivity index (χ0) is 13.0. The van der Waals surface area contributed by atoms with Gasteiger partial charge in [-0.15, -0.1) is 0 Å². The van der Waals surface area contributed by atoms with Crippen LogP contribution in [0.25, 0.3) is 0 Å². The summed E-state index contributed by atoms with van der Waals surface area (Å²) in [5.41, 5.74) is 1.21. The summed E-state index contributed by atoms with van der Waals surface area (Å²) in [5, 5.41) is 9.46. The van der Waals surface area contributed by atoms with E-state index in [1.807, 2.05) is 12.1 Å². The number of benzene rings is 1. The van der Waals surface area contributed by atoms with Crippen LogP contribution in [-0.4, -0.2) is 48.6 Å². The lowest BCUT2D eigenvalue weighted by Gasteiger charge is -2.33. The van der Waals surface area contributed by atoms with Crippen molar-refractivity contribution in [2.45, 2.75) is 19.4 Å². The van der Waals surface area contributed by atoms with Crippen molar-refractivity contribution in [2.24, 2.45) is 5.92 Å². The summed E-state index contributed by atoms with van der Waals surface area (Å²) in [7, 11) is 4.30. The van der Waals surface area contributed by atoms with Gasteiger partial charge >= 0.3 is 0 Å². The molecule has 3 nitrogen and oxygen atoms in total. The Bertz CT molecular complexity index is 371. The lowest BCUT2D eigenvalue weighted by molar-refractivity contribution is 0.157. The van der Waals surface area contributed by atoms with E-state index >= 15 is 0 Å². The van der Waals surface area contributed by atoms with E-state index in [0.717, 1.165) is 12.5 Å². The summed E-state index contributed by atoms with van der Waals surface area (Å²) in [5.74, 6) is 1.22. The van der Waals surface area contributed by atoms with Crippen molar-refractivity contribution in [3.8, 4) is 5.75 Å². The van der Waals surface area contributed by atoms with Crippen LogP contribution in [-0.2, 0) is 6.54 Å². The molecule has 0 radical (unpaired) electrons. The fourth-order valence-electron chi connectivity index (χ4n) is 2.76. The molecule has 1 aliphatic heterocycles. The third-order valence-corrected chi connectivity index (χ3v) is 3.65. The Morgan fingerprint density at radius 3 is 2.61 bits per heavy atom. The SMILES string of the molecule is CN(C)CC1CCN(Cc2cccc(O)c2)CC1. The second-order valence-corrected chi connectivity index (χ2v) is 5.65. The smallest absolute Gasteiger partial charge is 0.115 e. The minimum absolute atomic E-state index is 0.370. The summed E-state index contributed by atoms with van der Waals surface area (Å²) in [4.78, 5) is 4.77. The predicted octanol–water partition coefficient (Wildman–Crippen LogP) is 2.17. The molecule has 1 N–H and O–H groups in total. The van der Waals surface area contributed by atoms with Gasteiger partial charge < -0.3 is 10.0 Å². The lowest BCUT2D eigenvalue weighted by Crippen LogP contribution is -2.36. The predicted molar refractivity (Wildman–Crippen MR) is 74.7 cm³/mol. The van der Waals surface area contributed by atoms with Crippen LogP contribution in [0.1, 0.15) is 18.4 Å². The highest BCUT2D eigenvalue weighted by Gasteiger charge is 2.19. The van der Waals surface area contributed by atoms with E-state index in [1.165, 1.54) is 38.0 Å². The van der Waals surface area contributed by atoms with Crippen LogP contribution in [0.2, 0.25) is 0 Å². The summed E-state index contributed by atoms with van der Waals surface area (Å²) < 4.78 is 0. The Morgan fingerprint density at radius 2 is 2.00 bits per heavy atom. The van der Waals surface area contributed by atoms with Crippen LogP contribution in [0.5, 0.6) is 5.75 Å². The minimum Gasteiger partial charge on any atom is -0.508 e. The van der Waals surface area contributed by atoms with Gasteiger partial charge in [-0.3, -0.25) is 4.90 Å². The maximum absolute atomic E-state index is 9.46. The van der Waals surface area contributed by atoms with Gasteiger partial charge in [-0.05, 0) is 63.6 Å². The van der Waals surface area contributed by atoms with E-state index in [2.05, 4.69) is 30.0 Å². The average Bonchev–Trinajstić information content (AvgIpc) is 2.31. The van der Waals surface area contributed by atoms with Crippen molar-refractivity contribution in [1.82, 2.24) is 9.80 Å². The van der Waals surface area contributed by atoms with Crippen LogP contribution in [0.15, 0.2) is 24.3 Å². The first-order valence-electron chi connectivity index (χ1n) is 6.78. The fraction of sp³-hybridized carbons (Fsp3) is 0.600. The molecule has 1 saturated heterocycles. The standard InChI is InChI=1S/C15H24N2O/c1-16(2)11-13-6-8-17(9-7-13)12-14-4-3-5-15(18)10-14/h3-5,10,13,18H,6-9,11-12H2,1-2H3. The summed E-state index contributed by atoms with van der Waals surface area (Å²) in [6.07, 6.45) is 2.58. The van der Waals surface area contributed by atoms with Gasteiger partial charge in [0.2, 0.25) is 0 Å². The molecule has 0 bridgehead atoms. The fourth-order valence-corrected chi connectivity index (χ4v) is 2.76. The molecule has 0 saturated carbocycles. The Kier molecular flexibility index (Phi) is 4.61. The van der Waals surface area contributed by atoms with E-state index < -0.39 is 0 Å². The van der Waals surface area contributed by atoms with Gasteiger partial charge in [-0.25, -0.2) is 0 Å². The number of phenolic OH excluding ortho intramolecular Hbond substituents is 1. The number of hydrogen-bond acceptors (Lipinski definition) is 3. The lowest BCUT2D eigenvalue weighted by atomic mass is 9.96. The maximum Gasteiger partial charge on any atom is 0.115 e. The molecule has 1 aliphatic rings. The van der Waals surface area contributed by atoms with Crippen molar-refractivity contribution >= 4 is 0 Å². The second kappa shape index (κ2) is 6.21. The van der Waals surface area contributed by atoms with Gasteiger partial charge in [0.05, 0.1) is 0 Å². The monoisotopic (exact) mass is 248 g/mol. The van der Waals surface area contributed by atoms with Crippen molar-refractivity contribution in [1.29, 1.82) is 0 Å². The highest BCUT2D eigenvalue weighted by molar-refractivity contribution is 5.27. The first kappa shape index (κ1) is 13.4. The van der Waals surface area contributed by atoms with Gasteiger partial charge in [-0.1, -0.05) is 12.1 Å². The van der Waals surface area contributed by atoms with Crippen molar-refractivity contribution in [2.75, 3.05) is 33.7 Å². The topological polar surface area (TPSA) is 26.7 Å². The third kappa shape index (κ3) is 4.00.